The third-order valence-corrected chi connectivity index (χ3v) is 14.2. The number of hydrogen-bond acceptors (Lipinski definition) is 8. The summed E-state index contributed by atoms with van der Waals surface area (Å²) in [6, 6.07) is 21.3. The van der Waals surface area contributed by atoms with Gasteiger partial charge in [0.25, 0.3) is 0 Å². The number of nitrogens with zero attached hydrogens (tertiary/aromatic N) is 4. The number of carbonyl (C=O) groups excluding carboxylic acids is 1. The van der Waals surface area contributed by atoms with E-state index in [2.05, 4.69) is 35.1 Å². The van der Waals surface area contributed by atoms with Gasteiger partial charge in [0.2, 0.25) is 5.82 Å². The first kappa shape index (κ1) is 28.4. The second kappa shape index (κ2) is 11.0. The van der Waals surface area contributed by atoms with Gasteiger partial charge in [-0.05, 0) is 54.8 Å². The van der Waals surface area contributed by atoms with E-state index in [1.165, 1.54) is 16.1 Å². The molecule has 1 saturated heterocycles. The third kappa shape index (κ3) is 5.17. The van der Waals surface area contributed by atoms with Crippen molar-refractivity contribution in [2.24, 2.45) is 0 Å². The minimum atomic E-state index is -3.60. The molecule has 0 saturated carbocycles. The zero-order valence-electron chi connectivity index (χ0n) is 23.2. The van der Waals surface area contributed by atoms with Crippen molar-refractivity contribution in [2.75, 3.05) is 12.4 Å². The molecule has 8 nitrogen and oxygen atoms in total. The van der Waals surface area contributed by atoms with E-state index in [-0.39, 0.29) is 18.3 Å². The number of para-hydroxylation sites is 1. The van der Waals surface area contributed by atoms with Crippen LogP contribution in [0.2, 0.25) is 25.2 Å². The number of rotatable bonds is 8. The van der Waals surface area contributed by atoms with Crippen LogP contribution in [0.25, 0.3) is 27.5 Å². The molecule has 0 bridgehead atoms. The minimum Gasteiger partial charge on any atom is -0.466 e. The maximum Gasteiger partial charge on any atom is 0.308 e. The first-order valence-electron chi connectivity index (χ1n) is 13.5. The molecule has 1 aliphatic heterocycles. The standard InChI is InChI=1S/C29H34N4O4S2Si/c1-5-37-28(34)26(40(2,3)4)29(19-9-10-20-39(29,35)36)25-18-17-24(38-25)21-13-15-22(16-14-21)27-30-32-33(31-27)23-11-7-6-8-12-23/h6-8,11-18,26H,5,9-10,19-20H2,1-4H3/t26?,29-/m1/s1. The van der Waals surface area contributed by atoms with E-state index in [4.69, 9.17) is 4.74 Å². The van der Waals surface area contributed by atoms with Gasteiger partial charge in [0.05, 0.1) is 31.7 Å². The Labute approximate surface area is 240 Å². The molecule has 1 fully saturated rings. The second-order valence-corrected chi connectivity index (χ2v) is 20.0. The maximum absolute atomic E-state index is 14.0. The molecule has 0 aliphatic carbocycles. The molecular weight excluding hydrogens is 561 g/mol. The third-order valence-electron chi connectivity index (χ3n) is 7.47. The van der Waals surface area contributed by atoms with Crippen LogP contribution < -0.4 is 0 Å². The molecule has 2 aromatic heterocycles. The molecule has 2 atom stereocenters. The van der Waals surface area contributed by atoms with E-state index in [0.717, 1.165) is 33.0 Å². The highest BCUT2D eigenvalue weighted by molar-refractivity contribution is 7.92. The number of esters is 1. The smallest absolute Gasteiger partial charge is 0.308 e. The molecule has 1 aliphatic rings. The van der Waals surface area contributed by atoms with Crippen molar-refractivity contribution in [1.82, 2.24) is 20.2 Å². The van der Waals surface area contributed by atoms with E-state index >= 15 is 0 Å². The molecule has 2 aromatic carbocycles. The zero-order chi connectivity index (χ0) is 28.5. The molecule has 11 heteroatoms. The van der Waals surface area contributed by atoms with Gasteiger partial charge in [-0.2, -0.15) is 0 Å². The Morgan fingerprint density at radius 3 is 2.38 bits per heavy atom. The topological polar surface area (TPSA) is 104 Å². The van der Waals surface area contributed by atoms with Crippen LogP contribution in [0, 0.1) is 0 Å². The molecule has 0 spiro atoms. The summed E-state index contributed by atoms with van der Waals surface area (Å²) in [5, 5.41) is 12.9. The Hall–Kier alpha value is -3.15. The molecule has 40 heavy (non-hydrogen) atoms. The molecule has 1 unspecified atom stereocenters. The SMILES string of the molecule is CCOC(=O)C([C@]1(c2ccc(-c3ccc(-c4nnn(-c5ccccc5)n4)cc3)s2)CCCCS1(=O)=O)[Si](C)(C)C. The van der Waals surface area contributed by atoms with Gasteiger partial charge in [-0.1, -0.05) is 68.5 Å². The lowest BCUT2D eigenvalue weighted by Crippen LogP contribution is -2.54. The van der Waals surface area contributed by atoms with Gasteiger partial charge < -0.3 is 4.74 Å². The number of thiophene rings is 1. The number of hydrogen-bond donors (Lipinski definition) is 0. The van der Waals surface area contributed by atoms with Crippen molar-refractivity contribution in [3.8, 4) is 27.5 Å². The fourth-order valence-corrected chi connectivity index (χ4v) is 13.8. The van der Waals surface area contributed by atoms with Gasteiger partial charge in [0.1, 0.15) is 4.75 Å². The van der Waals surface area contributed by atoms with Crippen molar-refractivity contribution >= 4 is 35.2 Å². The lowest BCUT2D eigenvalue weighted by atomic mass is 9.94. The maximum atomic E-state index is 14.0. The largest absolute Gasteiger partial charge is 0.466 e. The van der Waals surface area contributed by atoms with Crippen LogP contribution in [0.1, 0.15) is 31.1 Å². The molecule has 0 N–H and O–H groups in total. The van der Waals surface area contributed by atoms with Gasteiger partial charge in [-0.25, -0.2) is 8.42 Å². The van der Waals surface area contributed by atoms with Crippen LogP contribution in [0.3, 0.4) is 0 Å². The van der Waals surface area contributed by atoms with Crippen molar-refractivity contribution in [3.63, 3.8) is 0 Å². The van der Waals surface area contributed by atoms with Gasteiger partial charge >= 0.3 is 5.97 Å². The Morgan fingerprint density at radius 2 is 1.73 bits per heavy atom. The predicted molar refractivity (Wildman–Crippen MR) is 161 cm³/mol. The van der Waals surface area contributed by atoms with E-state index in [1.807, 2.05) is 66.7 Å². The number of carbonyl (C=O) groups is 1. The van der Waals surface area contributed by atoms with Crippen molar-refractivity contribution in [2.45, 2.75) is 56.1 Å². The Bertz CT molecular complexity index is 1590. The van der Waals surface area contributed by atoms with E-state index in [1.54, 1.807) is 6.92 Å². The molecule has 0 radical (unpaired) electrons. The average molecular weight is 595 g/mol. The van der Waals surface area contributed by atoms with Crippen LogP contribution in [-0.2, 0) is 24.1 Å². The van der Waals surface area contributed by atoms with Gasteiger partial charge in [0.15, 0.2) is 9.84 Å². The first-order chi connectivity index (χ1) is 19.1. The highest BCUT2D eigenvalue weighted by Crippen LogP contribution is 2.55. The highest BCUT2D eigenvalue weighted by atomic mass is 32.2. The normalized spacial score (nSPS) is 19.7. The van der Waals surface area contributed by atoms with Crippen LogP contribution in [0.4, 0.5) is 0 Å². The lowest BCUT2D eigenvalue weighted by molar-refractivity contribution is -0.144. The Morgan fingerprint density at radius 1 is 1.02 bits per heavy atom. The van der Waals surface area contributed by atoms with Crippen LogP contribution in [0.15, 0.2) is 66.7 Å². The molecule has 0 amide bonds. The molecule has 5 rings (SSSR count). The summed E-state index contributed by atoms with van der Waals surface area (Å²) in [6.07, 6.45) is 1.82. The first-order valence-corrected chi connectivity index (χ1v) is 19.6. The van der Waals surface area contributed by atoms with Crippen LogP contribution in [-0.4, -0.2) is 55.0 Å². The number of sulfone groups is 1. The number of benzene rings is 2. The Balaban J connectivity index is 1.50. The molecular formula is C29H34N4O4S2Si. The molecule has 210 valence electrons. The lowest BCUT2D eigenvalue weighted by Gasteiger charge is -2.45. The van der Waals surface area contributed by atoms with Crippen molar-refractivity contribution in [1.29, 1.82) is 0 Å². The van der Waals surface area contributed by atoms with Crippen LogP contribution in [0.5, 0.6) is 0 Å². The fraction of sp³-hybridized carbons (Fsp3) is 0.379. The predicted octanol–water partition coefficient (Wildman–Crippen LogP) is 6.12. The Kier molecular flexibility index (Phi) is 7.82. The summed E-state index contributed by atoms with van der Waals surface area (Å²) in [5.41, 5.74) is 1.93. The second-order valence-electron chi connectivity index (χ2n) is 11.2. The van der Waals surface area contributed by atoms with Crippen molar-refractivity contribution in [3.05, 3.63) is 71.6 Å². The highest BCUT2D eigenvalue weighted by Gasteiger charge is 2.60. The number of ether oxygens (including phenoxy) is 1. The van der Waals surface area contributed by atoms with Gasteiger partial charge in [0, 0.05) is 15.3 Å². The van der Waals surface area contributed by atoms with Crippen molar-refractivity contribution < 1.29 is 17.9 Å². The van der Waals surface area contributed by atoms with Gasteiger partial charge in [-0.15, -0.1) is 26.3 Å². The van der Waals surface area contributed by atoms with E-state index < -0.39 is 28.2 Å². The van der Waals surface area contributed by atoms with Crippen LogP contribution >= 0.6 is 11.3 Å². The van der Waals surface area contributed by atoms with E-state index in [9.17, 15) is 13.2 Å². The minimum absolute atomic E-state index is 0.0893. The van der Waals surface area contributed by atoms with Gasteiger partial charge in [-0.3, -0.25) is 4.79 Å². The fourth-order valence-electron chi connectivity index (χ4n) is 5.73. The quantitative estimate of drug-likeness (QED) is 0.179. The summed E-state index contributed by atoms with van der Waals surface area (Å²) in [6.45, 7) is 8.19. The zero-order valence-corrected chi connectivity index (χ0v) is 25.8. The summed E-state index contributed by atoms with van der Waals surface area (Å²) in [7, 11) is -5.92. The summed E-state index contributed by atoms with van der Waals surface area (Å²) in [5.74, 6) is 0.218. The molecule has 3 heterocycles. The average Bonchev–Trinajstić information content (AvgIpc) is 3.61. The number of aromatic nitrogens is 4. The summed E-state index contributed by atoms with van der Waals surface area (Å²) >= 11 is 1.46. The summed E-state index contributed by atoms with van der Waals surface area (Å²) in [4.78, 5) is 16.6. The van der Waals surface area contributed by atoms with E-state index in [0.29, 0.717) is 18.7 Å². The monoisotopic (exact) mass is 594 g/mol. The molecule has 4 aromatic rings. The number of tetrazole rings is 1. The summed E-state index contributed by atoms with van der Waals surface area (Å²) < 4.78 is 32.2.